The van der Waals surface area contributed by atoms with Crippen molar-refractivity contribution < 1.29 is 17.9 Å². The first-order valence-corrected chi connectivity index (χ1v) is 11.8. The fourth-order valence-electron chi connectivity index (χ4n) is 3.16. The van der Waals surface area contributed by atoms with Crippen LogP contribution in [-0.4, -0.2) is 64.6 Å². The second kappa shape index (κ2) is 11.0. The molecule has 1 aromatic rings. The first-order chi connectivity index (χ1) is 13.8. The molecule has 3 N–H and O–H groups in total. The number of nitrogens with zero attached hydrogens (tertiary/aromatic N) is 1. The zero-order chi connectivity index (χ0) is 21.3. The lowest BCUT2D eigenvalue weighted by atomic mass is 10.1. The van der Waals surface area contributed by atoms with E-state index in [2.05, 4.69) is 27.0 Å². The number of aryl methyl sites for hydroxylation is 1. The molecular formula is C20H32N4O4S. The smallest absolute Gasteiger partial charge is 0.222 e. The van der Waals surface area contributed by atoms with Crippen molar-refractivity contribution in [1.29, 1.82) is 0 Å². The average molecular weight is 425 g/mol. The van der Waals surface area contributed by atoms with Gasteiger partial charge < -0.3 is 20.7 Å². The zero-order valence-corrected chi connectivity index (χ0v) is 18.3. The lowest BCUT2D eigenvalue weighted by molar-refractivity contribution is -0.121. The van der Waals surface area contributed by atoms with Crippen molar-refractivity contribution in [3.05, 3.63) is 29.3 Å². The van der Waals surface area contributed by atoms with Gasteiger partial charge in [0.15, 0.2) is 15.8 Å². The van der Waals surface area contributed by atoms with Crippen molar-refractivity contribution in [1.82, 2.24) is 16.0 Å². The van der Waals surface area contributed by atoms with Crippen molar-refractivity contribution in [2.75, 3.05) is 38.2 Å². The van der Waals surface area contributed by atoms with Gasteiger partial charge in [-0.2, -0.15) is 0 Å². The molecule has 1 aliphatic rings. The van der Waals surface area contributed by atoms with Gasteiger partial charge in [0.25, 0.3) is 0 Å². The van der Waals surface area contributed by atoms with Crippen LogP contribution in [0.1, 0.15) is 30.9 Å². The van der Waals surface area contributed by atoms with E-state index >= 15 is 0 Å². The van der Waals surface area contributed by atoms with E-state index in [0.29, 0.717) is 25.5 Å². The first kappa shape index (κ1) is 23.0. The highest BCUT2D eigenvalue weighted by molar-refractivity contribution is 7.91. The Kier molecular flexibility index (Phi) is 8.75. The number of methoxy groups -OCH3 is 1. The van der Waals surface area contributed by atoms with Gasteiger partial charge in [0, 0.05) is 25.6 Å². The molecule has 9 heteroatoms. The summed E-state index contributed by atoms with van der Waals surface area (Å²) in [5.74, 6) is 1.55. The van der Waals surface area contributed by atoms with Crippen LogP contribution in [0, 0.1) is 6.92 Å². The predicted octanol–water partition coefficient (Wildman–Crippen LogP) is 0.795. The lowest BCUT2D eigenvalue weighted by Gasteiger charge is -2.13. The molecule has 0 saturated carbocycles. The maximum absolute atomic E-state index is 12.0. The van der Waals surface area contributed by atoms with Crippen molar-refractivity contribution >= 4 is 21.7 Å². The third-order valence-corrected chi connectivity index (χ3v) is 6.50. The molecule has 1 aliphatic heterocycles. The van der Waals surface area contributed by atoms with Crippen molar-refractivity contribution in [3.8, 4) is 5.75 Å². The van der Waals surface area contributed by atoms with Gasteiger partial charge in [-0.05, 0) is 43.9 Å². The van der Waals surface area contributed by atoms with E-state index in [1.165, 1.54) is 5.56 Å². The number of nitrogens with one attached hydrogen (secondary N) is 3. The summed E-state index contributed by atoms with van der Waals surface area (Å²) in [5, 5.41) is 9.21. The van der Waals surface area contributed by atoms with Crippen LogP contribution in [0.4, 0.5) is 0 Å². The standard InChI is InChI=1S/C20H32N4O4S/c1-4-21-20(22-10-7-16-6-5-15(2)18(13-16)28-3)23-11-8-19(25)24-17-9-12-29(26,27)14-17/h5-6,13,17H,4,7-12,14H2,1-3H3,(H,24,25)(H2,21,22,23). The van der Waals surface area contributed by atoms with Crippen molar-refractivity contribution in [3.63, 3.8) is 0 Å². The number of carbonyl (C=O) groups is 1. The Hall–Kier alpha value is -2.29. The Bertz CT molecular complexity index is 824. The van der Waals surface area contributed by atoms with E-state index in [9.17, 15) is 13.2 Å². The fraction of sp³-hybridized carbons (Fsp3) is 0.600. The molecule has 1 fully saturated rings. The molecule has 1 aromatic carbocycles. The summed E-state index contributed by atoms with van der Waals surface area (Å²) in [6, 6.07) is 5.89. The Balaban J connectivity index is 1.76. The van der Waals surface area contributed by atoms with Crippen LogP contribution in [0.2, 0.25) is 0 Å². The SMILES string of the molecule is CCNC(=NCCC(=O)NC1CCS(=O)(=O)C1)NCCc1ccc(C)c(OC)c1. The summed E-state index contributed by atoms with van der Waals surface area (Å²) in [4.78, 5) is 16.4. The van der Waals surface area contributed by atoms with Gasteiger partial charge in [0.2, 0.25) is 5.91 Å². The molecule has 1 saturated heterocycles. The number of carbonyl (C=O) groups excluding carboxylic acids is 1. The van der Waals surface area contributed by atoms with Crippen molar-refractivity contribution in [2.24, 2.45) is 4.99 Å². The van der Waals surface area contributed by atoms with E-state index in [-0.39, 0.29) is 29.9 Å². The van der Waals surface area contributed by atoms with E-state index < -0.39 is 9.84 Å². The third kappa shape index (κ3) is 7.92. The van der Waals surface area contributed by atoms with E-state index in [1.54, 1.807) is 7.11 Å². The van der Waals surface area contributed by atoms with E-state index in [0.717, 1.165) is 24.3 Å². The largest absolute Gasteiger partial charge is 0.496 e. The topological polar surface area (TPSA) is 109 Å². The Labute approximate surface area is 173 Å². The number of hydrogen-bond acceptors (Lipinski definition) is 5. The van der Waals surface area contributed by atoms with Crippen LogP contribution in [0.15, 0.2) is 23.2 Å². The van der Waals surface area contributed by atoms with Gasteiger partial charge in [0.1, 0.15) is 5.75 Å². The molecule has 1 amide bonds. The molecule has 0 spiro atoms. The minimum absolute atomic E-state index is 0.0377. The number of hydrogen-bond donors (Lipinski definition) is 3. The summed E-state index contributed by atoms with van der Waals surface area (Å²) >= 11 is 0. The molecule has 1 unspecified atom stereocenters. The number of sulfone groups is 1. The summed E-state index contributed by atoms with van der Waals surface area (Å²) in [5.41, 5.74) is 2.27. The molecule has 0 aromatic heterocycles. The highest BCUT2D eigenvalue weighted by Gasteiger charge is 2.28. The molecule has 0 radical (unpaired) electrons. The number of amides is 1. The van der Waals surface area contributed by atoms with Gasteiger partial charge >= 0.3 is 0 Å². The zero-order valence-electron chi connectivity index (χ0n) is 17.5. The molecule has 1 atom stereocenters. The van der Waals surface area contributed by atoms with Gasteiger partial charge in [0.05, 0.1) is 25.2 Å². The van der Waals surface area contributed by atoms with E-state index in [1.807, 2.05) is 26.0 Å². The maximum atomic E-state index is 12.0. The number of ether oxygens (including phenoxy) is 1. The Morgan fingerprint density at radius 1 is 1.31 bits per heavy atom. The van der Waals surface area contributed by atoms with E-state index in [4.69, 9.17) is 4.74 Å². The summed E-state index contributed by atoms with van der Waals surface area (Å²) in [6.45, 7) is 5.74. The molecule has 162 valence electrons. The minimum atomic E-state index is -2.99. The summed E-state index contributed by atoms with van der Waals surface area (Å²) < 4.78 is 28.3. The van der Waals surface area contributed by atoms with Crippen LogP contribution >= 0.6 is 0 Å². The van der Waals surface area contributed by atoms with Crippen LogP contribution in [0.25, 0.3) is 0 Å². The van der Waals surface area contributed by atoms with Crippen LogP contribution < -0.4 is 20.7 Å². The number of aliphatic imine (C=N–C) groups is 1. The third-order valence-electron chi connectivity index (χ3n) is 4.73. The van der Waals surface area contributed by atoms with Gasteiger partial charge in [-0.1, -0.05) is 12.1 Å². The van der Waals surface area contributed by atoms with Crippen LogP contribution in [0.3, 0.4) is 0 Å². The molecule has 0 bridgehead atoms. The minimum Gasteiger partial charge on any atom is -0.496 e. The number of guanidine groups is 1. The average Bonchev–Trinajstić information content (AvgIpc) is 3.01. The van der Waals surface area contributed by atoms with Gasteiger partial charge in [-0.15, -0.1) is 0 Å². The summed E-state index contributed by atoms with van der Waals surface area (Å²) in [7, 11) is -1.32. The highest BCUT2D eigenvalue weighted by atomic mass is 32.2. The molecule has 8 nitrogen and oxygen atoms in total. The Morgan fingerprint density at radius 2 is 2.10 bits per heavy atom. The predicted molar refractivity (Wildman–Crippen MR) is 115 cm³/mol. The Morgan fingerprint density at radius 3 is 2.76 bits per heavy atom. The highest BCUT2D eigenvalue weighted by Crippen LogP contribution is 2.19. The quantitative estimate of drug-likeness (QED) is 0.400. The monoisotopic (exact) mass is 424 g/mol. The van der Waals surface area contributed by atoms with Crippen molar-refractivity contribution in [2.45, 2.75) is 39.2 Å². The molecular weight excluding hydrogens is 392 g/mol. The molecule has 1 heterocycles. The lowest BCUT2D eigenvalue weighted by Crippen LogP contribution is -2.39. The first-order valence-electron chi connectivity index (χ1n) is 9.98. The fourth-order valence-corrected chi connectivity index (χ4v) is 4.84. The summed E-state index contributed by atoms with van der Waals surface area (Å²) in [6.07, 6.45) is 1.53. The maximum Gasteiger partial charge on any atom is 0.222 e. The molecule has 0 aliphatic carbocycles. The second-order valence-electron chi connectivity index (χ2n) is 7.16. The number of rotatable bonds is 9. The number of benzene rings is 1. The van der Waals surface area contributed by atoms with Gasteiger partial charge in [-0.3, -0.25) is 9.79 Å². The molecule has 2 rings (SSSR count). The normalized spacial score (nSPS) is 18.3. The van der Waals surface area contributed by atoms with Gasteiger partial charge in [-0.25, -0.2) is 8.42 Å². The van der Waals surface area contributed by atoms with Crippen LogP contribution in [0.5, 0.6) is 5.75 Å². The second-order valence-corrected chi connectivity index (χ2v) is 9.39. The van der Waals surface area contributed by atoms with Crippen LogP contribution in [-0.2, 0) is 21.1 Å². The molecule has 29 heavy (non-hydrogen) atoms.